The molecule has 18 heavy (non-hydrogen) atoms. The van der Waals surface area contributed by atoms with E-state index in [4.69, 9.17) is 0 Å². The van der Waals surface area contributed by atoms with Gasteiger partial charge in [0, 0.05) is 5.71 Å². The molecule has 0 fully saturated rings. The van der Waals surface area contributed by atoms with Gasteiger partial charge < -0.3 is 5.21 Å². The van der Waals surface area contributed by atoms with Crippen LogP contribution in [0.3, 0.4) is 0 Å². The van der Waals surface area contributed by atoms with Crippen LogP contribution in [0.1, 0.15) is 79.6 Å². The lowest BCUT2D eigenvalue weighted by Crippen LogP contribution is -2.50. The van der Waals surface area contributed by atoms with E-state index in [1.165, 1.54) is 37.2 Å². The summed E-state index contributed by atoms with van der Waals surface area (Å²) in [7, 11) is 0. The summed E-state index contributed by atoms with van der Waals surface area (Å²) in [5.41, 5.74) is 0.286. The second kappa shape index (κ2) is 6.16. The van der Waals surface area contributed by atoms with Crippen molar-refractivity contribution in [3.05, 3.63) is 0 Å². The van der Waals surface area contributed by atoms with Gasteiger partial charge in [0.2, 0.25) is 0 Å². The van der Waals surface area contributed by atoms with Gasteiger partial charge in [-0.2, -0.15) is 5.06 Å². The molecule has 1 N–H and O–H groups in total. The van der Waals surface area contributed by atoms with Gasteiger partial charge in [0.15, 0.2) is 0 Å². The lowest BCUT2D eigenvalue weighted by atomic mass is 9.98. The molecule has 1 aliphatic heterocycles. The molecule has 1 atom stereocenters. The van der Waals surface area contributed by atoms with Crippen LogP contribution in [0.15, 0.2) is 4.99 Å². The first-order chi connectivity index (χ1) is 8.34. The van der Waals surface area contributed by atoms with E-state index in [9.17, 15) is 5.21 Å². The van der Waals surface area contributed by atoms with E-state index in [2.05, 4.69) is 11.9 Å². The summed E-state index contributed by atoms with van der Waals surface area (Å²) in [5, 5.41) is 11.8. The minimum atomic E-state index is -0.418. The van der Waals surface area contributed by atoms with Crippen LogP contribution in [0.5, 0.6) is 0 Å². The highest BCUT2D eigenvalue weighted by molar-refractivity contribution is 5.92. The Labute approximate surface area is 112 Å². The number of unbranched alkanes of at least 4 members (excludes halogenated alkanes) is 5. The zero-order valence-electron chi connectivity index (χ0n) is 12.8. The molecule has 0 saturated heterocycles. The zero-order chi connectivity index (χ0) is 13.8. The standard InChI is InChI=1S/C15H30N2O/c1-6-7-8-9-10-11-12-15(5)16-13(2)14(3,4)17(15)18/h18H,6-12H2,1-5H3/t15-/m0/s1. The maximum absolute atomic E-state index is 10.3. The van der Waals surface area contributed by atoms with E-state index in [1.807, 2.05) is 27.7 Å². The molecule has 0 aliphatic carbocycles. The van der Waals surface area contributed by atoms with Gasteiger partial charge in [-0.1, -0.05) is 39.0 Å². The molecule has 106 valence electrons. The molecule has 0 radical (unpaired) electrons. The first-order valence-electron chi connectivity index (χ1n) is 7.41. The molecule has 0 amide bonds. The Hall–Kier alpha value is -0.410. The molecule has 0 bridgehead atoms. The molecular formula is C15H30N2O. The molecule has 0 aromatic heterocycles. The number of aliphatic imine (C=N–C) groups is 1. The number of rotatable bonds is 7. The summed E-state index contributed by atoms with van der Waals surface area (Å²) in [4.78, 5) is 4.68. The van der Waals surface area contributed by atoms with Gasteiger partial charge in [0.25, 0.3) is 0 Å². The van der Waals surface area contributed by atoms with Crippen molar-refractivity contribution in [2.24, 2.45) is 4.99 Å². The third-order valence-electron chi connectivity index (χ3n) is 4.28. The molecule has 0 saturated carbocycles. The van der Waals surface area contributed by atoms with Crippen LogP contribution in [0.25, 0.3) is 0 Å². The Morgan fingerprint density at radius 2 is 1.61 bits per heavy atom. The van der Waals surface area contributed by atoms with Crippen molar-refractivity contribution in [3.63, 3.8) is 0 Å². The largest absolute Gasteiger partial charge is 0.311 e. The molecule has 1 rings (SSSR count). The minimum Gasteiger partial charge on any atom is -0.311 e. The monoisotopic (exact) mass is 254 g/mol. The predicted octanol–water partition coefficient (Wildman–Crippen LogP) is 4.40. The van der Waals surface area contributed by atoms with E-state index < -0.39 is 5.66 Å². The summed E-state index contributed by atoms with van der Waals surface area (Å²) in [5.74, 6) is 0. The third kappa shape index (κ3) is 3.33. The second-order valence-corrected chi connectivity index (χ2v) is 6.30. The van der Waals surface area contributed by atoms with Crippen molar-refractivity contribution in [2.45, 2.75) is 90.8 Å². The molecule has 0 spiro atoms. The summed E-state index contributed by atoms with van der Waals surface area (Å²) >= 11 is 0. The van der Waals surface area contributed by atoms with Crippen LogP contribution in [0, 0.1) is 0 Å². The van der Waals surface area contributed by atoms with Crippen molar-refractivity contribution < 1.29 is 5.21 Å². The number of nitrogens with zero attached hydrogens (tertiary/aromatic N) is 2. The van der Waals surface area contributed by atoms with Gasteiger partial charge in [0.05, 0.1) is 5.54 Å². The van der Waals surface area contributed by atoms with Gasteiger partial charge in [-0.3, -0.25) is 4.99 Å². The Balaban J connectivity index is 2.38. The molecule has 0 aromatic carbocycles. The zero-order valence-corrected chi connectivity index (χ0v) is 12.8. The molecule has 0 aromatic rings. The fourth-order valence-electron chi connectivity index (χ4n) is 2.70. The van der Waals surface area contributed by atoms with E-state index in [1.54, 1.807) is 0 Å². The van der Waals surface area contributed by atoms with Gasteiger partial charge in [0.1, 0.15) is 5.66 Å². The highest BCUT2D eigenvalue weighted by Gasteiger charge is 2.47. The average molecular weight is 254 g/mol. The topological polar surface area (TPSA) is 35.8 Å². The van der Waals surface area contributed by atoms with E-state index in [0.29, 0.717) is 0 Å². The summed E-state index contributed by atoms with van der Waals surface area (Å²) in [6.07, 6.45) is 8.61. The smallest absolute Gasteiger partial charge is 0.133 e. The molecule has 3 heteroatoms. The van der Waals surface area contributed by atoms with Crippen molar-refractivity contribution in [1.82, 2.24) is 5.06 Å². The molecule has 3 nitrogen and oxygen atoms in total. The van der Waals surface area contributed by atoms with Crippen molar-refractivity contribution in [2.75, 3.05) is 0 Å². The van der Waals surface area contributed by atoms with Gasteiger partial charge in [-0.25, -0.2) is 0 Å². The number of hydrogen-bond donors (Lipinski definition) is 1. The number of hydroxylamine groups is 2. The fourth-order valence-corrected chi connectivity index (χ4v) is 2.70. The highest BCUT2D eigenvalue weighted by Crippen LogP contribution is 2.36. The Bertz CT molecular complexity index is 299. The van der Waals surface area contributed by atoms with E-state index in [0.717, 1.165) is 18.6 Å². The number of hydrogen-bond acceptors (Lipinski definition) is 3. The van der Waals surface area contributed by atoms with Crippen LogP contribution in [-0.4, -0.2) is 27.2 Å². The highest BCUT2D eigenvalue weighted by atomic mass is 16.5. The Morgan fingerprint density at radius 3 is 2.11 bits per heavy atom. The third-order valence-corrected chi connectivity index (χ3v) is 4.28. The maximum Gasteiger partial charge on any atom is 0.133 e. The lowest BCUT2D eigenvalue weighted by molar-refractivity contribution is -0.196. The van der Waals surface area contributed by atoms with Crippen LogP contribution < -0.4 is 0 Å². The van der Waals surface area contributed by atoms with E-state index in [-0.39, 0.29) is 5.54 Å². The van der Waals surface area contributed by atoms with Gasteiger partial charge in [-0.15, -0.1) is 0 Å². The maximum atomic E-state index is 10.3. The van der Waals surface area contributed by atoms with Crippen molar-refractivity contribution in [1.29, 1.82) is 0 Å². The predicted molar refractivity (Wildman–Crippen MR) is 77.2 cm³/mol. The first-order valence-corrected chi connectivity index (χ1v) is 7.41. The van der Waals surface area contributed by atoms with Crippen molar-refractivity contribution >= 4 is 5.71 Å². The average Bonchev–Trinajstić information content (AvgIpc) is 2.46. The van der Waals surface area contributed by atoms with Gasteiger partial charge >= 0.3 is 0 Å². The fraction of sp³-hybridized carbons (Fsp3) is 0.933. The molecule has 0 unspecified atom stereocenters. The first kappa shape index (κ1) is 15.6. The van der Waals surface area contributed by atoms with Crippen LogP contribution in [0.2, 0.25) is 0 Å². The van der Waals surface area contributed by atoms with Crippen LogP contribution >= 0.6 is 0 Å². The van der Waals surface area contributed by atoms with E-state index >= 15 is 0 Å². The van der Waals surface area contributed by atoms with Crippen molar-refractivity contribution in [3.8, 4) is 0 Å². The Morgan fingerprint density at radius 1 is 1.06 bits per heavy atom. The summed E-state index contributed by atoms with van der Waals surface area (Å²) in [6, 6.07) is 0. The van der Waals surface area contributed by atoms with Crippen LogP contribution in [0.4, 0.5) is 0 Å². The molecule has 1 heterocycles. The lowest BCUT2D eigenvalue weighted by Gasteiger charge is -2.36. The minimum absolute atomic E-state index is 0.322. The van der Waals surface area contributed by atoms with Crippen LogP contribution in [-0.2, 0) is 0 Å². The summed E-state index contributed by atoms with van der Waals surface area (Å²) < 4.78 is 0. The Kier molecular flexibility index (Phi) is 5.35. The summed E-state index contributed by atoms with van der Waals surface area (Å²) in [6.45, 7) is 10.3. The molecular weight excluding hydrogens is 224 g/mol. The second-order valence-electron chi connectivity index (χ2n) is 6.30. The van der Waals surface area contributed by atoms with Gasteiger partial charge in [-0.05, 0) is 40.5 Å². The molecule has 1 aliphatic rings. The quantitative estimate of drug-likeness (QED) is 0.684. The normalized spacial score (nSPS) is 27.6. The SMILES string of the molecule is CCCCCCCC[C@@]1(C)N=C(C)C(C)(C)N1O.